The fourth-order valence-electron chi connectivity index (χ4n) is 2.50. The molecule has 134 valence electrons. The van der Waals surface area contributed by atoms with Gasteiger partial charge in [-0.25, -0.2) is 0 Å². The molecule has 1 aliphatic rings. The Morgan fingerprint density at radius 2 is 1.96 bits per heavy atom. The van der Waals surface area contributed by atoms with Crippen molar-refractivity contribution in [2.45, 2.75) is 29.7 Å². The number of halogens is 1. The van der Waals surface area contributed by atoms with Gasteiger partial charge < -0.3 is 15.6 Å². The Hall–Kier alpha value is -2.39. The highest BCUT2D eigenvalue weighted by molar-refractivity contribution is 7.98. The SMILES string of the molecule is Cn1c(SCc2nc(N)nc(Nc3ccc(Cl)cc3)n2)nnc1C1CC1. The van der Waals surface area contributed by atoms with Crippen LogP contribution in [0.4, 0.5) is 17.6 Å². The standard InChI is InChI=1S/C16H17ClN8S/c1-25-13(9-2-3-9)23-24-16(25)26-8-12-20-14(18)22-15(21-12)19-11-6-4-10(17)5-7-11/h4-7,9H,2-3,8H2,1H3,(H3,18,19,20,21,22). The highest BCUT2D eigenvalue weighted by Crippen LogP contribution is 2.39. The molecule has 2 aromatic heterocycles. The molecule has 8 nitrogen and oxygen atoms in total. The van der Waals surface area contributed by atoms with E-state index in [0.717, 1.165) is 16.7 Å². The number of hydrogen-bond acceptors (Lipinski definition) is 8. The maximum atomic E-state index is 5.90. The molecule has 0 atom stereocenters. The van der Waals surface area contributed by atoms with Crippen molar-refractivity contribution in [1.29, 1.82) is 0 Å². The number of nitrogens with two attached hydrogens (primary N) is 1. The molecule has 1 aromatic carbocycles. The average Bonchev–Trinajstić information content (AvgIpc) is 3.38. The minimum Gasteiger partial charge on any atom is -0.368 e. The lowest BCUT2D eigenvalue weighted by Gasteiger charge is -2.07. The van der Waals surface area contributed by atoms with E-state index < -0.39 is 0 Å². The Morgan fingerprint density at radius 3 is 2.69 bits per heavy atom. The van der Waals surface area contributed by atoms with Gasteiger partial charge in [0, 0.05) is 23.7 Å². The summed E-state index contributed by atoms with van der Waals surface area (Å²) >= 11 is 7.43. The molecule has 3 N–H and O–H groups in total. The minimum atomic E-state index is 0.170. The first-order chi connectivity index (χ1) is 12.6. The number of nitrogen functional groups attached to an aromatic ring is 1. The summed E-state index contributed by atoms with van der Waals surface area (Å²) in [6.45, 7) is 0. The first-order valence-corrected chi connectivity index (χ1v) is 9.50. The molecule has 0 amide bonds. The molecular weight excluding hydrogens is 372 g/mol. The van der Waals surface area contributed by atoms with Gasteiger partial charge in [-0.15, -0.1) is 10.2 Å². The third kappa shape index (κ3) is 3.88. The van der Waals surface area contributed by atoms with Crippen LogP contribution in [-0.2, 0) is 12.8 Å². The van der Waals surface area contributed by atoms with Crippen LogP contribution in [0, 0.1) is 0 Å². The molecular formula is C16H17ClN8S. The zero-order valence-electron chi connectivity index (χ0n) is 14.1. The molecule has 0 bridgehead atoms. The summed E-state index contributed by atoms with van der Waals surface area (Å²) in [5, 5.41) is 13.2. The van der Waals surface area contributed by atoms with Gasteiger partial charge in [-0.2, -0.15) is 15.0 Å². The first-order valence-electron chi connectivity index (χ1n) is 8.13. The van der Waals surface area contributed by atoms with Gasteiger partial charge in [-0.1, -0.05) is 23.4 Å². The van der Waals surface area contributed by atoms with Gasteiger partial charge in [-0.3, -0.25) is 0 Å². The number of aromatic nitrogens is 6. The van der Waals surface area contributed by atoms with Gasteiger partial charge >= 0.3 is 0 Å². The van der Waals surface area contributed by atoms with E-state index in [-0.39, 0.29) is 5.95 Å². The number of anilines is 3. The van der Waals surface area contributed by atoms with E-state index in [1.165, 1.54) is 24.6 Å². The van der Waals surface area contributed by atoms with E-state index in [1.54, 1.807) is 12.1 Å². The summed E-state index contributed by atoms with van der Waals surface area (Å²) in [6, 6.07) is 7.26. The summed E-state index contributed by atoms with van der Waals surface area (Å²) in [5.41, 5.74) is 6.64. The highest BCUT2D eigenvalue weighted by atomic mass is 35.5. The Kier molecular flexibility index (Phi) is 4.64. The Balaban J connectivity index is 1.46. The Morgan fingerprint density at radius 1 is 1.19 bits per heavy atom. The van der Waals surface area contributed by atoms with Crippen LogP contribution in [0.5, 0.6) is 0 Å². The molecule has 1 fully saturated rings. The predicted octanol–water partition coefficient (Wildman–Crippen LogP) is 3.15. The number of nitrogens with one attached hydrogen (secondary N) is 1. The van der Waals surface area contributed by atoms with Crippen molar-refractivity contribution in [1.82, 2.24) is 29.7 Å². The first kappa shape index (κ1) is 17.0. The smallest absolute Gasteiger partial charge is 0.232 e. The van der Waals surface area contributed by atoms with Crippen LogP contribution in [0.15, 0.2) is 29.4 Å². The monoisotopic (exact) mass is 388 g/mol. The molecule has 0 saturated heterocycles. The van der Waals surface area contributed by atoms with E-state index in [0.29, 0.717) is 28.5 Å². The van der Waals surface area contributed by atoms with Gasteiger partial charge in [0.2, 0.25) is 11.9 Å². The zero-order valence-corrected chi connectivity index (χ0v) is 15.6. The van der Waals surface area contributed by atoms with Crippen LogP contribution in [-0.4, -0.2) is 29.7 Å². The van der Waals surface area contributed by atoms with Crippen LogP contribution in [0.2, 0.25) is 5.02 Å². The Bertz CT molecular complexity index is 922. The summed E-state index contributed by atoms with van der Waals surface area (Å²) in [6.07, 6.45) is 2.39. The molecule has 2 heterocycles. The maximum absolute atomic E-state index is 5.90. The Labute approximate surface area is 159 Å². The fraction of sp³-hybridized carbons (Fsp3) is 0.312. The minimum absolute atomic E-state index is 0.170. The second kappa shape index (κ2) is 7.08. The van der Waals surface area contributed by atoms with Crippen LogP contribution in [0.3, 0.4) is 0 Å². The van der Waals surface area contributed by atoms with Crippen molar-refractivity contribution in [3.63, 3.8) is 0 Å². The summed E-state index contributed by atoms with van der Waals surface area (Å²) in [5.74, 6) is 3.28. The lowest BCUT2D eigenvalue weighted by atomic mass is 10.3. The van der Waals surface area contributed by atoms with Crippen molar-refractivity contribution in [2.24, 2.45) is 7.05 Å². The molecule has 1 aliphatic carbocycles. The fourth-order valence-corrected chi connectivity index (χ4v) is 3.40. The third-order valence-electron chi connectivity index (χ3n) is 3.94. The van der Waals surface area contributed by atoms with Crippen molar-refractivity contribution in [3.8, 4) is 0 Å². The van der Waals surface area contributed by atoms with Gasteiger partial charge in [0.05, 0.1) is 5.75 Å². The molecule has 0 radical (unpaired) electrons. The zero-order chi connectivity index (χ0) is 18.1. The molecule has 26 heavy (non-hydrogen) atoms. The number of hydrogen-bond donors (Lipinski definition) is 2. The summed E-state index contributed by atoms with van der Waals surface area (Å²) < 4.78 is 2.04. The molecule has 0 spiro atoms. The average molecular weight is 389 g/mol. The van der Waals surface area contributed by atoms with Gasteiger partial charge in [-0.05, 0) is 37.1 Å². The maximum Gasteiger partial charge on any atom is 0.232 e. The quantitative estimate of drug-likeness (QED) is 0.620. The second-order valence-electron chi connectivity index (χ2n) is 6.03. The van der Waals surface area contributed by atoms with Crippen molar-refractivity contribution in [3.05, 3.63) is 40.9 Å². The number of rotatable bonds is 6. The topological polar surface area (TPSA) is 107 Å². The van der Waals surface area contributed by atoms with Crippen molar-refractivity contribution < 1.29 is 0 Å². The molecule has 4 rings (SSSR count). The molecule has 1 saturated carbocycles. The molecule has 0 aliphatic heterocycles. The molecule has 0 unspecified atom stereocenters. The second-order valence-corrected chi connectivity index (χ2v) is 7.41. The van der Waals surface area contributed by atoms with Crippen LogP contribution in [0.25, 0.3) is 0 Å². The van der Waals surface area contributed by atoms with Gasteiger partial charge in [0.25, 0.3) is 0 Å². The van der Waals surface area contributed by atoms with E-state index in [2.05, 4.69) is 30.5 Å². The number of thioether (sulfide) groups is 1. The van der Waals surface area contributed by atoms with E-state index in [1.807, 2.05) is 23.7 Å². The highest BCUT2D eigenvalue weighted by Gasteiger charge is 2.29. The summed E-state index contributed by atoms with van der Waals surface area (Å²) in [4.78, 5) is 12.8. The van der Waals surface area contributed by atoms with Crippen molar-refractivity contribution >= 4 is 40.9 Å². The van der Waals surface area contributed by atoms with Crippen LogP contribution in [0.1, 0.15) is 30.4 Å². The lowest BCUT2D eigenvalue weighted by molar-refractivity contribution is 0.736. The van der Waals surface area contributed by atoms with Crippen molar-refractivity contribution in [2.75, 3.05) is 11.1 Å². The van der Waals surface area contributed by atoms with E-state index in [4.69, 9.17) is 17.3 Å². The van der Waals surface area contributed by atoms with Gasteiger partial charge in [0.15, 0.2) is 5.16 Å². The largest absolute Gasteiger partial charge is 0.368 e. The lowest BCUT2D eigenvalue weighted by Crippen LogP contribution is -2.07. The van der Waals surface area contributed by atoms with Crippen LogP contribution >= 0.6 is 23.4 Å². The predicted molar refractivity (Wildman–Crippen MR) is 102 cm³/mol. The normalized spacial score (nSPS) is 13.8. The number of benzene rings is 1. The summed E-state index contributed by atoms with van der Waals surface area (Å²) in [7, 11) is 1.99. The molecule has 3 aromatic rings. The van der Waals surface area contributed by atoms with E-state index in [9.17, 15) is 0 Å². The molecule has 10 heteroatoms. The van der Waals surface area contributed by atoms with Gasteiger partial charge in [0.1, 0.15) is 11.6 Å². The third-order valence-corrected chi connectivity index (χ3v) is 5.21. The van der Waals surface area contributed by atoms with E-state index >= 15 is 0 Å². The van der Waals surface area contributed by atoms with Crippen LogP contribution < -0.4 is 11.1 Å². The number of nitrogens with zero attached hydrogens (tertiary/aromatic N) is 6.